The molecule has 0 aromatic carbocycles. The number of nitrogens with one attached hydrogen (secondary N) is 1. The highest BCUT2D eigenvalue weighted by molar-refractivity contribution is 6.29. The van der Waals surface area contributed by atoms with Gasteiger partial charge in [0.15, 0.2) is 12.4 Å². The zero-order chi connectivity index (χ0) is 15.1. The molecule has 0 radical (unpaired) electrons. The van der Waals surface area contributed by atoms with Crippen LogP contribution in [-0.4, -0.2) is 37.1 Å². The van der Waals surface area contributed by atoms with Crippen LogP contribution in [-0.2, 0) is 9.53 Å². The van der Waals surface area contributed by atoms with Gasteiger partial charge < -0.3 is 14.8 Å². The number of methoxy groups -OCH3 is 1. The highest BCUT2D eigenvalue weighted by Crippen LogP contribution is 2.21. The highest BCUT2D eigenvalue weighted by atomic mass is 35.5. The molecule has 0 atom stereocenters. The summed E-state index contributed by atoms with van der Waals surface area (Å²) in [6.07, 6.45) is 1.28. The van der Waals surface area contributed by atoms with Gasteiger partial charge in [-0.3, -0.25) is 4.79 Å². The van der Waals surface area contributed by atoms with Crippen LogP contribution in [0.25, 0.3) is 0 Å². The molecule has 7 heteroatoms. The molecule has 0 aliphatic rings. The van der Waals surface area contributed by atoms with E-state index >= 15 is 0 Å². The molecule has 1 heterocycles. The van der Waals surface area contributed by atoms with Crippen molar-refractivity contribution in [1.29, 1.82) is 0 Å². The zero-order valence-corrected chi connectivity index (χ0v) is 12.4. The van der Waals surface area contributed by atoms with E-state index in [1.165, 1.54) is 19.4 Å². The van der Waals surface area contributed by atoms with Crippen molar-refractivity contribution in [3.05, 3.63) is 23.0 Å². The number of carbonyl (C=O) groups is 2. The molecule has 1 aromatic heterocycles. The number of aromatic nitrogens is 1. The molecule has 0 aliphatic heterocycles. The van der Waals surface area contributed by atoms with Crippen molar-refractivity contribution in [2.24, 2.45) is 5.92 Å². The molecule has 6 nitrogen and oxygen atoms in total. The Balaban J connectivity index is 2.68. The van der Waals surface area contributed by atoms with E-state index in [1.807, 2.05) is 13.8 Å². The van der Waals surface area contributed by atoms with Crippen molar-refractivity contribution in [3.63, 3.8) is 0 Å². The first-order chi connectivity index (χ1) is 9.43. The third-order valence-electron chi connectivity index (χ3n) is 2.31. The van der Waals surface area contributed by atoms with Gasteiger partial charge >= 0.3 is 5.97 Å². The second-order valence-electron chi connectivity index (χ2n) is 4.48. The van der Waals surface area contributed by atoms with E-state index in [9.17, 15) is 9.59 Å². The van der Waals surface area contributed by atoms with Crippen LogP contribution in [0.5, 0.6) is 5.75 Å². The Morgan fingerprint density at radius 1 is 1.45 bits per heavy atom. The van der Waals surface area contributed by atoms with Gasteiger partial charge in [-0.05, 0) is 12.0 Å². The number of ether oxygens (including phenoxy) is 2. The summed E-state index contributed by atoms with van der Waals surface area (Å²) in [5, 5.41) is 2.84. The van der Waals surface area contributed by atoms with Crippen molar-refractivity contribution in [3.8, 4) is 5.75 Å². The number of esters is 1. The van der Waals surface area contributed by atoms with Crippen molar-refractivity contribution in [2.75, 3.05) is 20.3 Å². The van der Waals surface area contributed by atoms with E-state index in [0.29, 0.717) is 12.5 Å². The molecule has 0 unspecified atom stereocenters. The molecule has 1 amide bonds. The number of rotatable bonds is 6. The van der Waals surface area contributed by atoms with E-state index in [-0.39, 0.29) is 29.0 Å². The third kappa shape index (κ3) is 5.05. The van der Waals surface area contributed by atoms with Gasteiger partial charge in [0.1, 0.15) is 10.7 Å². The molecule has 0 fully saturated rings. The van der Waals surface area contributed by atoms with Crippen LogP contribution < -0.4 is 10.1 Å². The lowest BCUT2D eigenvalue weighted by atomic mass is 10.2. The Bertz CT molecular complexity index is 491. The number of carbonyl (C=O) groups excluding carboxylic acids is 2. The summed E-state index contributed by atoms with van der Waals surface area (Å²) in [5.74, 6) is -0.376. The molecule has 0 saturated heterocycles. The lowest BCUT2D eigenvalue weighted by Gasteiger charge is -2.11. The number of amides is 1. The summed E-state index contributed by atoms with van der Waals surface area (Å²) in [4.78, 5) is 26.9. The number of hydrogen-bond acceptors (Lipinski definition) is 5. The molecule has 0 saturated carbocycles. The first kappa shape index (κ1) is 16.2. The smallest absolute Gasteiger partial charge is 0.341 e. The Kier molecular flexibility index (Phi) is 6.24. The van der Waals surface area contributed by atoms with E-state index in [0.717, 1.165) is 0 Å². The van der Waals surface area contributed by atoms with Crippen molar-refractivity contribution in [2.45, 2.75) is 13.8 Å². The largest absolute Gasteiger partial charge is 0.481 e. The van der Waals surface area contributed by atoms with Crippen LogP contribution in [0, 0.1) is 5.92 Å². The van der Waals surface area contributed by atoms with Gasteiger partial charge in [0.05, 0.1) is 13.3 Å². The van der Waals surface area contributed by atoms with Gasteiger partial charge in [-0.2, -0.15) is 0 Å². The Labute approximate surface area is 122 Å². The van der Waals surface area contributed by atoms with E-state index in [4.69, 9.17) is 16.3 Å². The molecule has 0 bridgehead atoms. The minimum Gasteiger partial charge on any atom is -0.481 e. The maximum absolute atomic E-state index is 11.6. The first-order valence-electron chi connectivity index (χ1n) is 6.07. The van der Waals surface area contributed by atoms with Crippen LogP contribution in [0.15, 0.2) is 12.3 Å². The summed E-state index contributed by atoms with van der Waals surface area (Å²) < 4.78 is 9.89. The van der Waals surface area contributed by atoms with Gasteiger partial charge in [0.2, 0.25) is 0 Å². The van der Waals surface area contributed by atoms with Crippen molar-refractivity contribution < 1.29 is 19.1 Å². The Hall–Kier alpha value is -1.82. The zero-order valence-electron chi connectivity index (χ0n) is 11.6. The Morgan fingerprint density at radius 2 is 2.15 bits per heavy atom. The minimum absolute atomic E-state index is 0.129. The normalized spacial score (nSPS) is 10.2. The molecular weight excluding hydrogens is 284 g/mol. The monoisotopic (exact) mass is 300 g/mol. The van der Waals surface area contributed by atoms with Gasteiger partial charge in [-0.25, -0.2) is 9.78 Å². The van der Waals surface area contributed by atoms with E-state index in [2.05, 4.69) is 15.0 Å². The minimum atomic E-state index is -0.605. The average molecular weight is 301 g/mol. The molecule has 1 rings (SSSR count). The Morgan fingerprint density at radius 3 is 2.75 bits per heavy atom. The maximum atomic E-state index is 11.6. The van der Waals surface area contributed by atoms with Crippen LogP contribution >= 0.6 is 11.6 Å². The van der Waals surface area contributed by atoms with Crippen LogP contribution in [0.1, 0.15) is 24.2 Å². The van der Waals surface area contributed by atoms with Gasteiger partial charge in [0.25, 0.3) is 5.91 Å². The lowest BCUT2D eigenvalue weighted by molar-refractivity contribution is -0.123. The first-order valence-corrected chi connectivity index (χ1v) is 6.45. The summed E-state index contributed by atoms with van der Waals surface area (Å²) in [5.41, 5.74) is 0.129. The SMILES string of the molecule is COC(=O)c1cc(Cl)ncc1OCC(=O)NCC(C)C. The fourth-order valence-electron chi connectivity index (χ4n) is 1.31. The molecular formula is C13H17ClN2O4. The van der Waals surface area contributed by atoms with Gasteiger partial charge in [0, 0.05) is 6.54 Å². The fourth-order valence-corrected chi connectivity index (χ4v) is 1.47. The number of pyridine rings is 1. The van der Waals surface area contributed by atoms with Crippen LogP contribution in [0.2, 0.25) is 5.15 Å². The summed E-state index contributed by atoms with van der Waals surface area (Å²) in [6.45, 7) is 4.32. The third-order valence-corrected chi connectivity index (χ3v) is 2.51. The summed E-state index contributed by atoms with van der Waals surface area (Å²) in [7, 11) is 1.25. The van der Waals surface area contributed by atoms with Crippen LogP contribution in [0.3, 0.4) is 0 Å². The second-order valence-corrected chi connectivity index (χ2v) is 4.87. The average Bonchev–Trinajstić information content (AvgIpc) is 2.42. The topological polar surface area (TPSA) is 77.5 Å². The molecule has 1 aromatic rings. The van der Waals surface area contributed by atoms with Crippen LogP contribution in [0.4, 0.5) is 0 Å². The van der Waals surface area contributed by atoms with Gasteiger partial charge in [-0.1, -0.05) is 25.4 Å². The standard InChI is InChI=1S/C13H17ClN2O4/c1-8(2)5-16-12(17)7-20-10-6-15-11(14)4-9(10)13(18)19-3/h4,6,8H,5,7H2,1-3H3,(H,16,17). The summed E-state index contributed by atoms with van der Waals surface area (Å²) in [6, 6.07) is 1.33. The number of halogens is 1. The number of nitrogens with zero attached hydrogens (tertiary/aromatic N) is 1. The van der Waals surface area contributed by atoms with E-state index in [1.54, 1.807) is 0 Å². The predicted octanol–water partition coefficient (Wildman–Crippen LogP) is 1.67. The number of hydrogen-bond donors (Lipinski definition) is 1. The molecule has 0 spiro atoms. The van der Waals surface area contributed by atoms with E-state index < -0.39 is 5.97 Å². The predicted molar refractivity (Wildman–Crippen MR) is 73.9 cm³/mol. The molecule has 1 N–H and O–H groups in total. The molecule has 0 aliphatic carbocycles. The second kappa shape index (κ2) is 7.69. The maximum Gasteiger partial charge on any atom is 0.341 e. The van der Waals surface area contributed by atoms with Gasteiger partial charge in [-0.15, -0.1) is 0 Å². The quantitative estimate of drug-likeness (QED) is 0.639. The molecule has 20 heavy (non-hydrogen) atoms. The molecule has 110 valence electrons. The van der Waals surface area contributed by atoms with Crippen molar-refractivity contribution >= 4 is 23.5 Å². The lowest BCUT2D eigenvalue weighted by Crippen LogP contribution is -2.32. The highest BCUT2D eigenvalue weighted by Gasteiger charge is 2.15. The van der Waals surface area contributed by atoms with Crippen molar-refractivity contribution in [1.82, 2.24) is 10.3 Å². The summed E-state index contributed by atoms with van der Waals surface area (Å²) >= 11 is 5.71. The fraction of sp³-hybridized carbons (Fsp3) is 0.462.